The van der Waals surface area contributed by atoms with Gasteiger partial charge in [0.15, 0.2) is 0 Å². The molecular weight excluding hydrogens is 108 g/mol. The fourth-order valence-electron chi connectivity index (χ4n) is 0.663. The molecule has 1 aliphatic carbocycles. The summed E-state index contributed by atoms with van der Waals surface area (Å²) in [7, 11) is 0. The maximum Gasteiger partial charge on any atom is -0.0398 e. The summed E-state index contributed by atoms with van der Waals surface area (Å²) in [6.45, 7) is 2.08. The Balaban J connectivity index is 2.77. The summed E-state index contributed by atoms with van der Waals surface area (Å²) in [6.07, 6.45) is 14.3. The van der Waals surface area contributed by atoms with Crippen LogP contribution in [0.15, 0.2) is 48.1 Å². The smallest absolute Gasteiger partial charge is 0.0398 e. The van der Waals surface area contributed by atoms with E-state index >= 15 is 0 Å². The molecule has 9 heavy (non-hydrogen) atoms. The van der Waals surface area contributed by atoms with Gasteiger partial charge in [-0.1, -0.05) is 48.1 Å². The Labute approximate surface area is 55.9 Å². The van der Waals surface area contributed by atoms with Crippen LogP contribution in [0.3, 0.4) is 0 Å². The van der Waals surface area contributed by atoms with E-state index in [1.807, 2.05) is 30.4 Å². The van der Waals surface area contributed by atoms with Gasteiger partial charge in [-0.2, -0.15) is 0 Å². The Kier molecular flexibility index (Phi) is 2.08. The fraction of sp³-hybridized carbons (Fsp3) is 0.111. The van der Waals surface area contributed by atoms with E-state index in [1.165, 1.54) is 5.57 Å². The van der Waals surface area contributed by atoms with Gasteiger partial charge in [0.2, 0.25) is 0 Å². The van der Waals surface area contributed by atoms with Crippen molar-refractivity contribution in [3.8, 4) is 0 Å². The molecule has 1 aliphatic rings. The first-order chi connectivity index (χ1) is 4.39. The van der Waals surface area contributed by atoms with Gasteiger partial charge in [0.05, 0.1) is 0 Å². The summed E-state index contributed by atoms with van der Waals surface area (Å²) in [6, 6.07) is 0. The minimum absolute atomic E-state index is 1.29. The second-order valence-electron chi connectivity index (χ2n) is 2.04. The van der Waals surface area contributed by atoms with Gasteiger partial charge in [-0.05, 0) is 6.92 Å². The highest BCUT2D eigenvalue weighted by Crippen LogP contribution is 1.98. The van der Waals surface area contributed by atoms with E-state index in [0.717, 1.165) is 0 Å². The normalized spacial score (nSPS) is 33.2. The van der Waals surface area contributed by atoms with Crippen LogP contribution in [-0.4, -0.2) is 0 Å². The first kappa shape index (κ1) is 6.09. The first-order valence-corrected chi connectivity index (χ1v) is 3.08. The highest BCUT2D eigenvalue weighted by atomic mass is 13.8. The lowest BCUT2D eigenvalue weighted by Gasteiger charge is -1.87. The van der Waals surface area contributed by atoms with Gasteiger partial charge in [0.25, 0.3) is 0 Å². The van der Waals surface area contributed by atoms with Crippen LogP contribution in [0.4, 0.5) is 0 Å². The number of hydrogen-bond donors (Lipinski definition) is 0. The molecule has 0 radical (unpaired) electrons. The van der Waals surface area contributed by atoms with Gasteiger partial charge < -0.3 is 0 Å². The zero-order valence-corrected chi connectivity index (χ0v) is 5.54. The van der Waals surface area contributed by atoms with E-state index in [2.05, 4.69) is 19.1 Å². The zero-order valence-electron chi connectivity index (χ0n) is 5.54. The topological polar surface area (TPSA) is 0 Å². The fourth-order valence-corrected chi connectivity index (χ4v) is 0.663. The highest BCUT2D eigenvalue weighted by Gasteiger charge is 1.77. The lowest BCUT2D eigenvalue weighted by atomic mass is 10.2. The van der Waals surface area contributed by atoms with E-state index in [-0.39, 0.29) is 0 Å². The predicted molar refractivity (Wildman–Crippen MR) is 41.2 cm³/mol. The van der Waals surface area contributed by atoms with Crippen LogP contribution < -0.4 is 0 Å². The van der Waals surface area contributed by atoms with Gasteiger partial charge in [0.1, 0.15) is 0 Å². The van der Waals surface area contributed by atoms with Crippen LogP contribution >= 0.6 is 0 Å². The van der Waals surface area contributed by atoms with Crippen LogP contribution in [0.25, 0.3) is 0 Å². The summed E-state index contributed by atoms with van der Waals surface area (Å²) in [5, 5.41) is 0. The molecule has 0 saturated heterocycles. The third-order valence-corrected chi connectivity index (χ3v) is 1.16. The minimum atomic E-state index is 1.29. The SMILES string of the molecule is CC1=C\C=C/C=C/C=C\1. The molecule has 0 spiro atoms. The first-order valence-electron chi connectivity index (χ1n) is 3.08. The van der Waals surface area contributed by atoms with E-state index in [4.69, 9.17) is 0 Å². The van der Waals surface area contributed by atoms with Crippen LogP contribution in [0.1, 0.15) is 6.92 Å². The molecule has 0 heteroatoms. The average Bonchev–Trinajstić information content (AvgIpc) is 1.79. The number of rotatable bonds is 0. The molecular formula is C9H10. The van der Waals surface area contributed by atoms with Gasteiger partial charge in [0, 0.05) is 0 Å². The predicted octanol–water partition coefficient (Wildman–Crippen LogP) is 2.61. The molecule has 0 unspecified atom stereocenters. The minimum Gasteiger partial charge on any atom is -0.0623 e. The Bertz CT molecular complexity index is 190. The average molecular weight is 118 g/mol. The summed E-state index contributed by atoms with van der Waals surface area (Å²) < 4.78 is 0. The van der Waals surface area contributed by atoms with Crippen molar-refractivity contribution < 1.29 is 0 Å². The van der Waals surface area contributed by atoms with Gasteiger partial charge in [-0.3, -0.25) is 0 Å². The summed E-state index contributed by atoms with van der Waals surface area (Å²) in [4.78, 5) is 0. The third kappa shape index (κ3) is 2.13. The molecule has 0 nitrogen and oxygen atoms in total. The standard InChI is InChI=1S/C9H10/c1-9-7-5-3-2-4-6-8-9/h2-8H,1H3/b3-2+,4-2?,5-3?,6-4-,7-5-,8-6?,9-7?,9-8+. The Morgan fingerprint density at radius 3 is 2.44 bits per heavy atom. The van der Waals surface area contributed by atoms with E-state index in [1.54, 1.807) is 0 Å². The Morgan fingerprint density at radius 1 is 0.889 bits per heavy atom. The van der Waals surface area contributed by atoms with E-state index in [0.29, 0.717) is 0 Å². The second kappa shape index (κ2) is 3.08. The highest BCUT2D eigenvalue weighted by molar-refractivity contribution is 5.29. The van der Waals surface area contributed by atoms with Gasteiger partial charge >= 0.3 is 0 Å². The number of allylic oxidation sites excluding steroid dienone is 8. The number of hydrogen-bond acceptors (Lipinski definition) is 0. The molecule has 0 N–H and O–H groups in total. The zero-order chi connectivity index (χ0) is 6.53. The Morgan fingerprint density at radius 2 is 1.56 bits per heavy atom. The summed E-state index contributed by atoms with van der Waals surface area (Å²) in [5.41, 5.74) is 1.29. The molecule has 0 aromatic heterocycles. The largest absolute Gasteiger partial charge is 0.0623 e. The van der Waals surface area contributed by atoms with Gasteiger partial charge in [-0.15, -0.1) is 0 Å². The van der Waals surface area contributed by atoms with Crippen molar-refractivity contribution >= 4 is 0 Å². The lowest BCUT2D eigenvalue weighted by Crippen LogP contribution is -1.66. The van der Waals surface area contributed by atoms with E-state index < -0.39 is 0 Å². The molecule has 0 bridgehead atoms. The van der Waals surface area contributed by atoms with Crippen molar-refractivity contribution in [2.24, 2.45) is 0 Å². The molecule has 0 aromatic carbocycles. The van der Waals surface area contributed by atoms with Crippen molar-refractivity contribution in [1.82, 2.24) is 0 Å². The van der Waals surface area contributed by atoms with Crippen LogP contribution in [0, 0.1) is 0 Å². The molecule has 0 aliphatic heterocycles. The van der Waals surface area contributed by atoms with Crippen LogP contribution in [0.2, 0.25) is 0 Å². The molecule has 1 rings (SSSR count). The molecule has 0 saturated carbocycles. The molecule has 0 fully saturated rings. The van der Waals surface area contributed by atoms with Crippen molar-refractivity contribution in [1.29, 1.82) is 0 Å². The van der Waals surface area contributed by atoms with Crippen LogP contribution in [-0.2, 0) is 0 Å². The third-order valence-electron chi connectivity index (χ3n) is 1.16. The Hall–Kier alpha value is -1.04. The van der Waals surface area contributed by atoms with Crippen molar-refractivity contribution in [3.05, 3.63) is 48.1 Å². The van der Waals surface area contributed by atoms with Crippen molar-refractivity contribution in [2.75, 3.05) is 0 Å². The maximum atomic E-state index is 2.08. The quantitative estimate of drug-likeness (QED) is 0.458. The molecule has 0 heterocycles. The monoisotopic (exact) mass is 118 g/mol. The van der Waals surface area contributed by atoms with Crippen LogP contribution in [0.5, 0.6) is 0 Å². The summed E-state index contributed by atoms with van der Waals surface area (Å²) in [5.74, 6) is 0. The van der Waals surface area contributed by atoms with E-state index in [9.17, 15) is 0 Å². The lowest BCUT2D eigenvalue weighted by molar-refractivity contribution is 1.51. The molecule has 0 amide bonds. The maximum absolute atomic E-state index is 2.08. The molecule has 0 aromatic rings. The van der Waals surface area contributed by atoms with Crippen molar-refractivity contribution in [2.45, 2.75) is 6.92 Å². The molecule has 46 valence electrons. The van der Waals surface area contributed by atoms with Crippen molar-refractivity contribution in [3.63, 3.8) is 0 Å². The summed E-state index contributed by atoms with van der Waals surface area (Å²) >= 11 is 0. The molecule has 0 atom stereocenters. The van der Waals surface area contributed by atoms with Gasteiger partial charge in [-0.25, -0.2) is 0 Å². The second-order valence-corrected chi connectivity index (χ2v) is 2.04.